The molecule has 1 N–H and O–H groups in total. The fourth-order valence-electron chi connectivity index (χ4n) is 2.49. The molecule has 12 heteroatoms. The molecule has 0 atom stereocenters. The smallest absolute Gasteiger partial charge is 0.200 e. The van der Waals surface area contributed by atoms with Gasteiger partial charge in [-0.15, -0.1) is 0 Å². The predicted molar refractivity (Wildman–Crippen MR) is 115 cm³/mol. The fourth-order valence-corrected chi connectivity index (χ4v) is 3.51. The molecule has 0 bridgehead atoms. The van der Waals surface area contributed by atoms with Crippen molar-refractivity contribution in [2.24, 2.45) is 5.10 Å². The number of halogens is 9. The maximum atomic E-state index is 13.8. The van der Waals surface area contributed by atoms with E-state index >= 15 is 0 Å². The van der Waals surface area contributed by atoms with Crippen molar-refractivity contribution in [3.63, 3.8) is 0 Å². The number of hydrazone groups is 1. The molecule has 0 aliphatic rings. The van der Waals surface area contributed by atoms with Crippen LogP contribution in [0.1, 0.15) is 11.1 Å². The van der Waals surface area contributed by atoms with Crippen LogP contribution >= 0.6 is 46.4 Å². The Morgan fingerprint density at radius 1 is 0.781 bits per heavy atom. The summed E-state index contributed by atoms with van der Waals surface area (Å²) < 4.78 is 73.0. The maximum Gasteiger partial charge on any atom is 0.200 e. The molecular weight excluding hydrogens is 521 g/mol. The maximum absolute atomic E-state index is 13.8. The Labute approximate surface area is 198 Å². The van der Waals surface area contributed by atoms with Crippen LogP contribution in [0.5, 0.6) is 5.75 Å². The van der Waals surface area contributed by atoms with E-state index in [1.807, 2.05) is 0 Å². The molecule has 0 radical (unpaired) electrons. The molecule has 0 heterocycles. The highest BCUT2D eigenvalue weighted by Crippen LogP contribution is 2.33. The summed E-state index contributed by atoms with van der Waals surface area (Å²) in [5.74, 6) is -10.6. The van der Waals surface area contributed by atoms with Gasteiger partial charge in [0.2, 0.25) is 5.82 Å². The predicted octanol–water partition coefficient (Wildman–Crippen LogP) is 8.02. The van der Waals surface area contributed by atoms with E-state index in [-0.39, 0.29) is 28.0 Å². The first kappa shape index (κ1) is 24.4. The van der Waals surface area contributed by atoms with Crippen LogP contribution in [0.25, 0.3) is 0 Å². The lowest BCUT2D eigenvalue weighted by molar-refractivity contribution is 0.306. The van der Waals surface area contributed by atoms with Gasteiger partial charge in [-0.25, -0.2) is 22.0 Å². The molecule has 3 rings (SSSR count). The van der Waals surface area contributed by atoms with E-state index in [2.05, 4.69) is 5.10 Å². The summed E-state index contributed by atoms with van der Waals surface area (Å²) in [5, 5.41) is 4.53. The summed E-state index contributed by atoms with van der Waals surface area (Å²) in [6, 6.07) is 7.48. The average Bonchev–Trinajstić information content (AvgIpc) is 2.73. The second-order valence-corrected chi connectivity index (χ2v) is 7.83. The number of benzene rings is 3. The zero-order valence-electron chi connectivity index (χ0n) is 15.4. The van der Waals surface area contributed by atoms with Crippen molar-refractivity contribution in [3.8, 4) is 5.75 Å². The van der Waals surface area contributed by atoms with Crippen molar-refractivity contribution in [1.29, 1.82) is 0 Å². The Hall–Kier alpha value is -2.26. The van der Waals surface area contributed by atoms with Crippen molar-refractivity contribution in [1.82, 2.24) is 0 Å². The highest BCUT2D eigenvalue weighted by Gasteiger charge is 2.25. The van der Waals surface area contributed by atoms with Gasteiger partial charge in [0.1, 0.15) is 18.0 Å². The van der Waals surface area contributed by atoms with Gasteiger partial charge in [0.15, 0.2) is 23.3 Å². The van der Waals surface area contributed by atoms with Gasteiger partial charge in [-0.05, 0) is 24.3 Å². The fraction of sp³-hybridized carbons (Fsp3) is 0.0500. The molecule has 0 saturated heterocycles. The van der Waals surface area contributed by atoms with Gasteiger partial charge in [-0.1, -0.05) is 52.5 Å². The third-order valence-electron chi connectivity index (χ3n) is 4.01. The number of hydrogen-bond acceptors (Lipinski definition) is 3. The highest BCUT2D eigenvalue weighted by molar-refractivity contribution is 6.36. The van der Waals surface area contributed by atoms with E-state index in [1.165, 1.54) is 18.2 Å². The summed E-state index contributed by atoms with van der Waals surface area (Å²) in [6.07, 6.45) is 0.981. The van der Waals surface area contributed by atoms with Crippen molar-refractivity contribution >= 4 is 58.3 Å². The zero-order chi connectivity index (χ0) is 23.6. The molecule has 3 aromatic carbocycles. The summed E-state index contributed by atoms with van der Waals surface area (Å²) in [7, 11) is 0. The molecule has 32 heavy (non-hydrogen) atoms. The molecule has 0 aliphatic carbocycles. The van der Waals surface area contributed by atoms with Crippen LogP contribution in [0, 0.1) is 29.1 Å². The number of anilines is 1. The Morgan fingerprint density at radius 2 is 1.38 bits per heavy atom. The van der Waals surface area contributed by atoms with Gasteiger partial charge in [-0.3, -0.25) is 5.43 Å². The van der Waals surface area contributed by atoms with Crippen LogP contribution in [-0.4, -0.2) is 6.21 Å². The first-order valence-electron chi connectivity index (χ1n) is 8.46. The summed E-state index contributed by atoms with van der Waals surface area (Å²) in [5.41, 5.74) is 1.17. The quantitative estimate of drug-likeness (QED) is 0.115. The lowest BCUT2D eigenvalue weighted by atomic mass is 10.2. The minimum Gasteiger partial charge on any atom is -0.487 e. The van der Waals surface area contributed by atoms with Crippen LogP contribution in [0.2, 0.25) is 20.1 Å². The Kier molecular flexibility index (Phi) is 7.71. The molecule has 3 aromatic rings. The standard InChI is InChI=1S/C20H9Cl4F5N2O/c21-10-2-1-8(12(23)4-10)7-32-20-9(3-11(22)5-13(20)24)6-30-31-19-17(28)15(26)14(25)16(27)18(19)29/h1-6,31H,7H2/b30-6-. The van der Waals surface area contributed by atoms with Gasteiger partial charge in [0, 0.05) is 26.2 Å². The number of rotatable bonds is 6. The van der Waals surface area contributed by atoms with E-state index < -0.39 is 34.8 Å². The van der Waals surface area contributed by atoms with Gasteiger partial charge in [0.25, 0.3) is 0 Å². The van der Waals surface area contributed by atoms with Gasteiger partial charge < -0.3 is 4.74 Å². The number of ether oxygens (including phenoxy) is 1. The van der Waals surface area contributed by atoms with Crippen LogP contribution in [-0.2, 0) is 6.61 Å². The molecule has 0 saturated carbocycles. The third kappa shape index (κ3) is 5.20. The Morgan fingerprint density at radius 3 is 2.00 bits per heavy atom. The second-order valence-electron chi connectivity index (χ2n) is 6.15. The first-order chi connectivity index (χ1) is 15.1. The normalized spacial score (nSPS) is 11.3. The average molecular weight is 530 g/mol. The van der Waals surface area contributed by atoms with Crippen LogP contribution < -0.4 is 10.2 Å². The highest BCUT2D eigenvalue weighted by atomic mass is 35.5. The van der Waals surface area contributed by atoms with Gasteiger partial charge in [0.05, 0.1) is 11.2 Å². The third-order valence-corrected chi connectivity index (χ3v) is 5.10. The van der Waals surface area contributed by atoms with Crippen molar-refractivity contribution in [2.45, 2.75) is 6.61 Å². The van der Waals surface area contributed by atoms with Crippen LogP contribution in [0.3, 0.4) is 0 Å². The topological polar surface area (TPSA) is 33.6 Å². The van der Waals surface area contributed by atoms with Crippen molar-refractivity contribution in [3.05, 3.63) is 90.6 Å². The number of nitrogens with one attached hydrogen (secondary N) is 1. The molecule has 0 spiro atoms. The monoisotopic (exact) mass is 528 g/mol. The molecule has 0 fully saturated rings. The van der Waals surface area contributed by atoms with E-state index in [9.17, 15) is 22.0 Å². The van der Waals surface area contributed by atoms with E-state index in [4.69, 9.17) is 51.1 Å². The molecule has 0 aliphatic heterocycles. The summed E-state index contributed by atoms with van der Waals surface area (Å²) >= 11 is 24.1. The lowest BCUT2D eigenvalue weighted by Crippen LogP contribution is -2.07. The summed E-state index contributed by atoms with van der Waals surface area (Å²) in [4.78, 5) is 0. The molecule has 0 aromatic heterocycles. The number of hydrogen-bond donors (Lipinski definition) is 1. The summed E-state index contributed by atoms with van der Waals surface area (Å²) in [6.45, 7) is -0.0384. The first-order valence-corrected chi connectivity index (χ1v) is 9.97. The SMILES string of the molecule is Fc1c(F)c(F)c(N/N=C\c2cc(Cl)cc(Cl)c2OCc2ccc(Cl)cc2Cl)c(F)c1F. The number of nitrogens with zero attached hydrogens (tertiary/aromatic N) is 1. The van der Waals surface area contributed by atoms with Gasteiger partial charge in [-0.2, -0.15) is 5.10 Å². The molecule has 0 unspecified atom stereocenters. The molecule has 0 amide bonds. The van der Waals surface area contributed by atoms with E-state index in [0.717, 1.165) is 6.21 Å². The molecular formula is C20H9Cl4F5N2O. The van der Waals surface area contributed by atoms with E-state index in [1.54, 1.807) is 17.6 Å². The van der Waals surface area contributed by atoms with Crippen molar-refractivity contribution < 1.29 is 26.7 Å². The lowest BCUT2D eigenvalue weighted by Gasteiger charge is -2.13. The largest absolute Gasteiger partial charge is 0.487 e. The Balaban J connectivity index is 1.88. The Bertz CT molecular complexity index is 1190. The minimum absolute atomic E-state index is 0.0384. The van der Waals surface area contributed by atoms with Gasteiger partial charge >= 0.3 is 0 Å². The van der Waals surface area contributed by atoms with Crippen LogP contribution in [0.15, 0.2) is 35.4 Å². The minimum atomic E-state index is -2.28. The second kappa shape index (κ2) is 10.1. The molecule has 168 valence electrons. The van der Waals surface area contributed by atoms with Crippen LogP contribution in [0.4, 0.5) is 27.6 Å². The van der Waals surface area contributed by atoms with E-state index in [0.29, 0.717) is 15.6 Å². The zero-order valence-corrected chi connectivity index (χ0v) is 18.5. The van der Waals surface area contributed by atoms with Crippen molar-refractivity contribution in [2.75, 3.05) is 5.43 Å². The molecule has 3 nitrogen and oxygen atoms in total.